The highest BCUT2D eigenvalue weighted by molar-refractivity contribution is 9.10. The van der Waals surface area contributed by atoms with Gasteiger partial charge in [0.2, 0.25) is 0 Å². The SMILES string of the molecule is NCc1ccc(COc2ccc3ccccc3c2Br)cc1. The van der Waals surface area contributed by atoms with Crippen molar-refractivity contribution in [3.8, 4) is 5.75 Å². The highest BCUT2D eigenvalue weighted by atomic mass is 79.9. The van der Waals surface area contributed by atoms with E-state index in [9.17, 15) is 0 Å². The maximum atomic E-state index is 5.93. The zero-order chi connectivity index (χ0) is 14.7. The van der Waals surface area contributed by atoms with E-state index in [2.05, 4.69) is 46.3 Å². The number of hydrogen-bond acceptors (Lipinski definition) is 2. The molecule has 3 rings (SSSR count). The Kier molecular flexibility index (Phi) is 4.23. The summed E-state index contributed by atoms with van der Waals surface area (Å²) in [6.45, 7) is 1.11. The van der Waals surface area contributed by atoms with Gasteiger partial charge < -0.3 is 10.5 Å². The summed E-state index contributed by atoms with van der Waals surface area (Å²) in [5.74, 6) is 0.858. The fraction of sp³-hybridized carbons (Fsp3) is 0.111. The third-order valence-electron chi connectivity index (χ3n) is 3.48. The van der Waals surface area contributed by atoms with Crippen LogP contribution in [0.15, 0.2) is 65.1 Å². The topological polar surface area (TPSA) is 35.2 Å². The minimum atomic E-state index is 0.543. The summed E-state index contributed by atoms with van der Waals surface area (Å²) in [5.41, 5.74) is 7.86. The lowest BCUT2D eigenvalue weighted by Gasteiger charge is -2.11. The highest BCUT2D eigenvalue weighted by Crippen LogP contribution is 2.33. The van der Waals surface area contributed by atoms with Crippen molar-refractivity contribution in [1.82, 2.24) is 0 Å². The van der Waals surface area contributed by atoms with E-state index < -0.39 is 0 Å². The Morgan fingerprint density at radius 2 is 1.57 bits per heavy atom. The average molecular weight is 342 g/mol. The van der Waals surface area contributed by atoms with Gasteiger partial charge in [-0.1, -0.05) is 54.6 Å². The first kappa shape index (κ1) is 14.1. The van der Waals surface area contributed by atoms with Gasteiger partial charge in [0, 0.05) is 6.54 Å². The molecule has 0 fully saturated rings. The zero-order valence-corrected chi connectivity index (χ0v) is 13.1. The third kappa shape index (κ3) is 3.09. The van der Waals surface area contributed by atoms with E-state index in [0.29, 0.717) is 13.2 Å². The molecule has 3 heteroatoms. The van der Waals surface area contributed by atoms with Crippen molar-refractivity contribution in [2.75, 3.05) is 0 Å². The van der Waals surface area contributed by atoms with Crippen molar-refractivity contribution >= 4 is 26.7 Å². The van der Waals surface area contributed by atoms with Crippen LogP contribution in [0, 0.1) is 0 Å². The smallest absolute Gasteiger partial charge is 0.134 e. The molecular weight excluding hydrogens is 326 g/mol. The van der Waals surface area contributed by atoms with E-state index in [1.165, 1.54) is 5.39 Å². The number of rotatable bonds is 4. The molecule has 3 aromatic rings. The van der Waals surface area contributed by atoms with Crippen molar-refractivity contribution < 1.29 is 4.74 Å². The molecule has 3 aromatic carbocycles. The monoisotopic (exact) mass is 341 g/mol. The molecular formula is C18H16BrNO. The molecule has 0 heterocycles. The van der Waals surface area contributed by atoms with E-state index in [1.807, 2.05) is 30.3 Å². The molecule has 21 heavy (non-hydrogen) atoms. The molecule has 0 bridgehead atoms. The third-order valence-corrected chi connectivity index (χ3v) is 4.30. The molecule has 0 aliphatic rings. The Morgan fingerprint density at radius 1 is 0.857 bits per heavy atom. The summed E-state index contributed by atoms with van der Waals surface area (Å²) in [6.07, 6.45) is 0. The minimum Gasteiger partial charge on any atom is -0.488 e. The summed E-state index contributed by atoms with van der Waals surface area (Å²) in [6, 6.07) is 20.5. The predicted octanol–water partition coefficient (Wildman–Crippen LogP) is 4.64. The number of halogens is 1. The molecule has 0 saturated carbocycles. The lowest BCUT2D eigenvalue weighted by molar-refractivity contribution is 0.305. The second kappa shape index (κ2) is 6.29. The number of ether oxygens (including phenoxy) is 1. The summed E-state index contributed by atoms with van der Waals surface area (Å²) < 4.78 is 6.93. The molecule has 0 unspecified atom stereocenters. The number of benzene rings is 3. The van der Waals surface area contributed by atoms with Crippen molar-refractivity contribution in [3.05, 3.63) is 76.3 Å². The van der Waals surface area contributed by atoms with Gasteiger partial charge in [-0.25, -0.2) is 0 Å². The molecule has 2 nitrogen and oxygen atoms in total. The summed E-state index contributed by atoms with van der Waals surface area (Å²) in [7, 11) is 0. The van der Waals surface area contributed by atoms with Crippen LogP contribution >= 0.6 is 15.9 Å². The fourth-order valence-corrected chi connectivity index (χ4v) is 2.87. The standard InChI is InChI=1S/C18H16BrNO/c19-18-16-4-2-1-3-15(16)9-10-17(18)21-12-14-7-5-13(11-20)6-8-14/h1-10H,11-12,20H2. The maximum absolute atomic E-state index is 5.93. The molecule has 0 aliphatic heterocycles. The highest BCUT2D eigenvalue weighted by Gasteiger charge is 2.06. The lowest BCUT2D eigenvalue weighted by Crippen LogP contribution is -1.99. The predicted molar refractivity (Wildman–Crippen MR) is 90.3 cm³/mol. The van der Waals surface area contributed by atoms with Crippen molar-refractivity contribution in [2.45, 2.75) is 13.2 Å². The Labute approximate surface area is 132 Å². The lowest BCUT2D eigenvalue weighted by atomic mass is 10.1. The van der Waals surface area contributed by atoms with Gasteiger partial charge in [0.05, 0.1) is 4.47 Å². The fourth-order valence-electron chi connectivity index (χ4n) is 2.26. The Balaban J connectivity index is 1.79. The quantitative estimate of drug-likeness (QED) is 0.750. The van der Waals surface area contributed by atoms with E-state index in [1.54, 1.807) is 0 Å². The van der Waals surface area contributed by atoms with Crippen molar-refractivity contribution in [3.63, 3.8) is 0 Å². The molecule has 0 aliphatic carbocycles. The molecule has 0 saturated heterocycles. The average Bonchev–Trinajstić information content (AvgIpc) is 2.55. The zero-order valence-electron chi connectivity index (χ0n) is 11.6. The Morgan fingerprint density at radius 3 is 2.33 bits per heavy atom. The van der Waals surface area contributed by atoms with Crippen LogP contribution in [0.4, 0.5) is 0 Å². The van der Waals surface area contributed by atoms with Crippen LogP contribution in [0.3, 0.4) is 0 Å². The minimum absolute atomic E-state index is 0.543. The Bertz CT molecular complexity index is 753. The maximum Gasteiger partial charge on any atom is 0.134 e. The van der Waals surface area contributed by atoms with Gasteiger partial charge >= 0.3 is 0 Å². The second-order valence-electron chi connectivity index (χ2n) is 4.91. The van der Waals surface area contributed by atoms with Gasteiger partial charge in [0.15, 0.2) is 0 Å². The summed E-state index contributed by atoms with van der Waals surface area (Å²) >= 11 is 3.64. The molecule has 0 spiro atoms. The van der Waals surface area contributed by atoms with Gasteiger partial charge in [-0.15, -0.1) is 0 Å². The van der Waals surface area contributed by atoms with E-state index >= 15 is 0 Å². The van der Waals surface area contributed by atoms with Crippen LogP contribution in [0.2, 0.25) is 0 Å². The van der Waals surface area contributed by atoms with Crippen molar-refractivity contribution in [2.24, 2.45) is 5.73 Å². The molecule has 2 N–H and O–H groups in total. The van der Waals surface area contributed by atoms with Crippen LogP contribution in [-0.2, 0) is 13.2 Å². The van der Waals surface area contributed by atoms with Gasteiger partial charge in [-0.05, 0) is 43.9 Å². The Hall–Kier alpha value is -1.84. The van der Waals surface area contributed by atoms with Gasteiger partial charge in [0.1, 0.15) is 12.4 Å². The van der Waals surface area contributed by atoms with Crippen LogP contribution in [0.25, 0.3) is 10.8 Å². The summed E-state index contributed by atoms with van der Waals surface area (Å²) in [5, 5.41) is 2.36. The first-order valence-corrected chi connectivity index (χ1v) is 7.65. The van der Waals surface area contributed by atoms with Crippen molar-refractivity contribution in [1.29, 1.82) is 0 Å². The van der Waals surface area contributed by atoms with Crippen LogP contribution in [0.5, 0.6) is 5.75 Å². The molecule has 0 amide bonds. The van der Waals surface area contributed by atoms with E-state index in [0.717, 1.165) is 26.7 Å². The van der Waals surface area contributed by atoms with Crippen LogP contribution in [0.1, 0.15) is 11.1 Å². The largest absolute Gasteiger partial charge is 0.488 e. The first-order chi connectivity index (χ1) is 10.3. The summed E-state index contributed by atoms with van der Waals surface area (Å²) in [4.78, 5) is 0. The van der Waals surface area contributed by atoms with Crippen LogP contribution < -0.4 is 10.5 Å². The second-order valence-corrected chi connectivity index (χ2v) is 5.70. The van der Waals surface area contributed by atoms with E-state index in [4.69, 9.17) is 10.5 Å². The van der Waals surface area contributed by atoms with E-state index in [-0.39, 0.29) is 0 Å². The van der Waals surface area contributed by atoms with Gasteiger partial charge in [-0.3, -0.25) is 0 Å². The van der Waals surface area contributed by atoms with Gasteiger partial charge in [0.25, 0.3) is 0 Å². The normalized spacial score (nSPS) is 10.8. The number of hydrogen-bond donors (Lipinski definition) is 1. The number of fused-ring (bicyclic) bond motifs is 1. The van der Waals surface area contributed by atoms with Crippen LogP contribution in [-0.4, -0.2) is 0 Å². The molecule has 0 radical (unpaired) electrons. The van der Waals surface area contributed by atoms with Gasteiger partial charge in [-0.2, -0.15) is 0 Å². The molecule has 106 valence electrons. The molecule has 0 aromatic heterocycles. The number of nitrogens with two attached hydrogens (primary N) is 1. The first-order valence-electron chi connectivity index (χ1n) is 6.86. The molecule has 0 atom stereocenters.